The van der Waals surface area contributed by atoms with E-state index in [9.17, 15) is 4.79 Å². The van der Waals surface area contributed by atoms with Crippen molar-refractivity contribution < 1.29 is 0 Å². The molecule has 0 saturated carbocycles. The first-order valence-electron chi connectivity index (χ1n) is 6.48. The molecule has 0 saturated heterocycles. The second-order valence-corrected chi connectivity index (χ2v) is 6.36. The van der Waals surface area contributed by atoms with E-state index in [-0.39, 0.29) is 5.43 Å². The predicted molar refractivity (Wildman–Crippen MR) is 90.1 cm³/mol. The van der Waals surface area contributed by atoms with Crippen LogP contribution >= 0.6 is 23.6 Å². The van der Waals surface area contributed by atoms with Crippen molar-refractivity contribution in [2.45, 2.75) is 0 Å². The Hall–Kier alpha value is -2.24. The summed E-state index contributed by atoms with van der Waals surface area (Å²) in [6, 6.07) is 17.4. The van der Waals surface area contributed by atoms with E-state index in [0.29, 0.717) is 14.0 Å². The minimum absolute atomic E-state index is 0.0325. The summed E-state index contributed by atoms with van der Waals surface area (Å²) in [6.07, 6.45) is 0. The van der Waals surface area contributed by atoms with Gasteiger partial charge in [-0.1, -0.05) is 41.7 Å². The van der Waals surface area contributed by atoms with Crippen LogP contribution in [-0.4, -0.2) is 9.55 Å². The maximum absolute atomic E-state index is 12.6. The van der Waals surface area contributed by atoms with Crippen LogP contribution in [0.3, 0.4) is 0 Å². The van der Waals surface area contributed by atoms with Gasteiger partial charge in [0.1, 0.15) is 10.3 Å². The summed E-state index contributed by atoms with van der Waals surface area (Å²) < 4.78 is 3.26. The Morgan fingerprint density at radius 3 is 2.52 bits per heavy atom. The largest absolute Gasteiger partial charge is 0.339 e. The van der Waals surface area contributed by atoms with Crippen molar-refractivity contribution in [2.75, 3.05) is 0 Å². The number of H-pyrrole nitrogens is 1. The van der Waals surface area contributed by atoms with Crippen LogP contribution in [0.5, 0.6) is 0 Å². The highest BCUT2D eigenvalue weighted by atomic mass is 32.1. The molecule has 0 fully saturated rings. The van der Waals surface area contributed by atoms with Gasteiger partial charge >= 0.3 is 0 Å². The Morgan fingerprint density at radius 1 is 1.00 bits per heavy atom. The molecule has 4 aromatic rings. The van der Waals surface area contributed by atoms with E-state index in [0.717, 1.165) is 16.9 Å². The maximum Gasteiger partial charge on any atom is 0.208 e. The number of pyridine rings is 1. The quantitative estimate of drug-likeness (QED) is 0.533. The number of aromatic nitrogens is 2. The molecule has 4 rings (SSSR count). The minimum atomic E-state index is 0.0325. The monoisotopic (exact) mass is 310 g/mol. The highest BCUT2D eigenvalue weighted by molar-refractivity contribution is 7.73. The average molecular weight is 310 g/mol. The van der Waals surface area contributed by atoms with Crippen molar-refractivity contribution in [1.82, 2.24) is 9.55 Å². The molecule has 1 N–H and O–H groups in total. The van der Waals surface area contributed by atoms with Crippen LogP contribution in [0.4, 0.5) is 0 Å². The number of hydrogen-bond acceptors (Lipinski definition) is 3. The van der Waals surface area contributed by atoms with Gasteiger partial charge in [0.25, 0.3) is 0 Å². The van der Waals surface area contributed by atoms with Gasteiger partial charge in [0.05, 0.1) is 5.52 Å². The topological polar surface area (TPSA) is 37.8 Å². The zero-order valence-electron chi connectivity index (χ0n) is 10.9. The molecule has 21 heavy (non-hydrogen) atoms. The van der Waals surface area contributed by atoms with Gasteiger partial charge in [-0.3, -0.25) is 9.36 Å². The van der Waals surface area contributed by atoms with Gasteiger partial charge in [-0.2, -0.15) is 0 Å². The molecule has 0 bridgehead atoms. The molecule has 0 aliphatic rings. The third kappa shape index (κ3) is 1.86. The van der Waals surface area contributed by atoms with Crippen LogP contribution in [0.15, 0.2) is 59.4 Å². The van der Waals surface area contributed by atoms with E-state index >= 15 is 0 Å². The Balaban J connectivity index is 2.21. The van der Waals surface area contributed by atoms with Crippen LogP contribution in [0.25, 0.3) is 26.9 Å². The Labute approximate surface area is 129 Å². The van der Waals surface area contributed by atoms with Gasteiger partial charge in [-0.25, -0.2) is 0 Å². The number of rotatable bonds is 1. The highest BCUT2D eigenvalue weighted by Crippen LogP contribution is 2.24. The number of thiazole rings is 1. The smallest absolute Gasteiger partial charge is 0.208 e. The second kappa shape index (κ2) is 4.65. The Kier molecular flexibility index (Phi) is 2.77. The number of aromatic amines is 1. The lowest BCUT2D eigenvalue weighted by molar-refractivity contribution is 1.09. The molecule has 0 unspecified atom stereocenters. The van der Waals surface area contributed by atoms with E-state index in [1.165, 1.54) is 11.3 Å². The number of para-hydroxylation sites is 2. The Morgan fingerprint density at radius 2 is 1.71 bits per heavy atom. The predicted octanol–water partition coefficient (Wildman–Crippen LogP) is 4.26. The first kappa shape index (κ1) is 12.5. The van der Waals surface area contributed by atoms with Crippen molar-refractivity contribution >= 4 is 44.8 Å². The Bertz CT molecular complexity index is 1070. The van der Waals surface area contributed by atoms with E-state index in [1.54, 1.807) is 0 Å². The van der Waals surface area contributed by atoms with Gasteiger partial charge in [-0.15, -0.1) is 0 Å². The van der Waals surface area contributed by atoms with Gasteiger partial charge in [-0.05, 0) is 36.5 Å². The number of benzene rings is 2. The van der Waals surface area contributed by atoms with Gasteiger partial charge in [0.15, 0.2) is 3.95 Å². The van der Waals surface area contributed by atoms with Crippen molar-refractivity contribution in [1.29, 1.82) is 0 Å². The number of nitrogens with zero attached hydrogens (tertiary/aromatic N) is 1. The first-order chi connectivity index (χ1) is 10.3. The molecule has 0 atom stereocenters. The summed E-state index contributed by atoms with van der Waals surface area (Å²) in [5, 5.41) is 0.696. The van der Waals surface area contributed by atoms with Gasteiger partial charge in [0, 0.05) is 11.1 Å². The summed E-state index contributed by atoms with van der Waals surface area (Å²) in [4.78, 5) is 16.0. The zero-order valence-corrected chi connectivity index (χ0v) is 12.5. The maximum atomic E-state index is 12.6. The summed E-state index contributed by atoms with van der Waals surface area (Å²) in [6.45, 7) is 0. The SMILES string of the molecule is O=c1c2ccccc2[nH]c2c1sc(=S)n2-c1ccccc1. The zero-order chi connectivity index (χ0) is 14.4. The fraction of sp³-hybridized carbons (Fsp3) is 0. The fourth-order valence-electron chi connectivity index (χ4n) is 2.49. The van der Waals surface area contributed by atoms with E-state index in [2.05, 4.69) is 4.98 Å². The fourth-order valence-corrected chi connectivity index (χ4v) is 3.84. The lowest BCUT2D eigenvalue weighted by atomic mass is 10.2. The summed E-state index contributed by atoms with van der Waals surface area (Å²) in [5.74, 6) is 0. The lowest BCUT2D eigenvalue weighted by Crippen LogP contribution is -2.04. The van der Waals surface area contributed by atoms with Crippen molar-refractivity contribution in [2.24, 2.45) is 0 Å². The molecule has 0 radical (unpaired) electrons. The molecule has 0 aliphatic carbocycles. The summed E-state index contributed by atoms with van der Waals surface area (Å²) >= 11 is 6.80. The summed E-state index contributed by atoms with van der Waals surface area (Å²) in [7, 11) is 0. The van der Waals surface area contributed by atoms with Crippen LogP contribution in [0, 0.1) is 3.95 Å². The molecule has 0 aliphatic heterocycles. The van der Waals surface area contributed by atoms with Gasteiger partial charge in [0.2, 0.25) is 5.43 Å². The molecular weight excluding hydrogens is 300 g/mol. The standard InChI is InChI=1S/C16H10N2OS2/c19-13-11-8-4-5-9-12(11)17-15-14(13)21-16(20)18(15)10-6-2-1-3-7-10/h1-9H,(H,17,19). The molecule has 5 heteroatoms. The van der Waals surface area contributed by atoms with Crippen LogP contribution in [0.2, 0.25) is 0 Å². The van der Waals surface area contributed by atoms with E-state index in [1.807, 2.05) is 59.2 Å². The van der Waals surface area contributed by atoms with Crippen molar-refractivity contribution in [3.8, 4) is 5.69 Å². The number of fused-ring (bicyclic) bond motifs is 2. The molecular formula is C16H10N2OS2. The third-order valence-electron chi connectivity index (χ3n) is 3.46. The molecule has 2 heterocycles. The normalized spacial score (nSPS) is 11.2. The molecule has 3 nitrogen and oxygen atoms in total. The van der Waals surface area contributed by atoms with Crippen LogP contribution in [-0.2, 0) is 0 Å². The first-order valence-corrected chi connectivity index (χ1v) is 7.70. The molecule has 0 spiro atoms. The third-order valence-corrected chi connectivity index (χ3v) is 4.83. The molecule has 102 valence electrons. The molecule has 0 amide bonds. The minimum Gasteiger partial charge on any atom is -0.339 e. The van der Waals surface area contributed by atoms with Crippen molar-refractivity contribution in [3.05, 3.63) is 68.8 Å². The lowest BCUT2D eigenvalue weighted by Gasteiger charge is -2.05. The molecule has 2 aromatic carbocycles. The van der Waals surface area contributed by atoms with E-state index < -0.39 is 0 Å². The number of nitrogens with one attached hydrogen (secondary N) is 1. The van der Waals surface area contributed by atoms with Gasteiger partial charge < -0.3 is 4.98 Å². The summed E-state index contributed by atoms with van der Waals surface area (Å²) in [5.41, 5.74) is 2.58. The van der Waals surface area contributed by atoms with E-state index in [4.69, 9.17) is 12.2 Å². The van der Waals surface area contributed by atoms with Crippen LogP contribution in [0.1, 0.15) is 0 Å². The highest BCUT2D eigenvalue weighted by Gasteiger charge is 2.12. The molecule has 2 aromatic heterocycles. The van der Waals surface area contributed by atoms with Crippen molar-refractivity contribution in [3.63, 3.8) is 0 Å². The number of hydrogen-bond donors (Lipinski definition) is 1. The van der Waals surface area contributed by atoms with Crippen LogP contribution < -0.4 is 5.43 Å². The average Bonchev–Trinajstić information content (AvgIpc) is 2.85. The second-order valence-electron chi connectivity index (χ2n) is 4.72.